The zero-order chi connectivity index (χ0) is 24.5. The first-order chi connectivity index (χ1) is 17.6. The Morgan fingerprint density at radius 3 is 2.43 bits per heavy atom. The number of nitrogens with zero attached hydrogens (tertiary/aromatic N) is 4. The maximum atomic E-state index is 13.3. The summed E-state index contributed by atoms with van der Waals surface area (Å²) in [6.45, 7) is 3.85. The lowest BCUT2D eigenvalue weighted by Crippen LogP contribution is -2.43. The van der Waals surface area contributed by atoms with E-state index >= 15 is 0 Å². The fraction of sp³-hybridized carbons (Fsp3) is 0.346. The van der Waals surface area contributed by atoms with E-state index in [4.69, 9.17) is 4.98 Å². The fourth-order valence-electron chi connectivity index (χ4n) is 5.13. The first kappa shape index (κ1) is 25.4. The first-order valence-electron chi connectivity index (χ1n) is 12.5. The second kappa shape index (κ2) is 10.6. The van der Waals surface area contributed by atoms with Gasteiger partial charge in [0.15, 0.2) is 0 Å². The van der Waals surface area contributed by atoms with Crippen molar-refractivity contribution in [2.75, 3.05) is 36.4 Å². The number of aromatic amines is 1. The van der Waals surface area contributed by atoms with Gasteiger partial charge in [-0.3, -0.25) is 0 Å². The van der Waals surface area contributed by atoms with Gasteiger partial charge in [0.1, 0.15) is 16.5 Å². The van der Waals surface area contributed by atoms with Crippen LogP contribution in [0.1, 0.15) is 37.3 Å². The van der Waals surface area contributed by atoms with Gasteiger partial charge >= 0.3 is 0 Å². The molecule has 1 aliphatic heterocycles. The number of nitrogens with one attached hydrogen (secondary N) is 3. The number of H-pyrrole nitrogens is 1. The zero-order valence-corrected chi connectivity index (χ0v) is 22.0. The summed E-state index contributed by atoms with van der Waals surface area (Å²) >= 11 is 0. The van der Waals surface area contributed by atoms with E-state index in [1.54, 1.807) is 36.4 Å². The molecule has 11 heteroatoms. The summed E-state index contributed by atoms with van der Waals surface area (Å²) in [4.78, 5) is 19.7. The number of hydrogen-bond acceptors (Lipinski definition) is 8. The molecule has 0 radical (unpaired) electrons. The van der Waals surface area contributed by atoms with Crippen molar-refractivity contribution in [3.05, 3.63) is 60.4 Å². The molecule has 194 valence electrons. The van der Waals surface area contributed by atoms with Crippen LogP contribution in [0.4, 0.5) is 17.5 Å². The maximum Gasteiger partial charge on any atom is 0.230 e. The largest absolute Gasteiger partial charge is 0.368 e. The molecule has 2 fully saturated rings. The fourth-order valence-corrected chi connectivity index (χ4v) is 6.40. The zero-order valence-electron chi connectivity index (χ0n) is 20.4. The van der Waals surface area contributed by atoms with Crippen LogP contribution >= 0.6 is 12.4 Å². The normalized spacial score (nSPS) is 16.6. The lowest BCUT2D eigenvalue weighted by molar-refractivity contribution is 0.589. The molecule has 4 aromatic rings. The summed E-state index contributed by atoms with van der Waals surface area (Å²) < 4.78 is 26.5. The molecular weight excluding hydrogens is 510 g/mol. The molecular formula is C26H30ClN7O2S. The Kier molecular flexibility index (Phi) is 7.32. The van der Waals surface area contributed by atoms with Crippen molar-refractivity contribution in [2.45, 2.75) is 41.5 Å². The summed E-state index contributed by atoms with van der Waals surface area (Å²) in [5.74, 6) is 1.34. The van der Waals surface area contributed by atoms with Gasteiger partial charge in [0, 0.05) is 37.5 Å². The molecule has 37 heavy (non-hydrogen) atoms. The molecule has 1 aliphatic carbocycles. The highest BCUT2D eigenvalue weighted by Crippen LogP contribution is 2.38. The first-order valence-corrected chi connectivity index (χ1v) is 14.0. The molecule has 3 aromatic heterocycles. The number of pyridine rings is 1. The highest BCUT2D eigenvalue weighted by molar-refractivity contribution is 7.91. The summed E-state index contributed by atoms with van der Waals surface area (Å²) in [5.41, 5.74) is 2.50. The molecule has 1 saturated carbocycles. The predicted octanol–water partition coefficient (Wildman–Crippen LogP) is 4.42. The molecule has 1 aromatic carbocycles. The highest BCUT2D eigenvalue weighted by Gasteiger charge is 2.26. The molecule has 3 N–H and O–H groups in total. The maximum absolute atomic E-state index is 13.3. The summed E-state index contributed by atoms with van der Waals surface area (Å²) in [6, 6.07) is 14.1. The Bertz CT molecular complexity index is 1460. The van der Waals surface area contributed by atoms with E-state index in [2.05, 4.69) is 36.6 Å². The van der Waals surface area contributed by atoms with Gasteiger partial charge < -0.3 is 20.5 Å². The molecule has 1 saturated heterocycles. The van der Waals surface area contributed by atoms with Crippen LogP contribution in [-0.2, 0) is 9.84 Å². The molecule has 0 amide bonds. The van der Waals surface area contributed by atoms with Crippen LogP contribution in [0.15, 0.2) is 64.6 Å². The summed E-state index contributed by atoms with van der Waals surface area (Å²) in [7, 11) is -3.69. The Hall–Kier alpha value is -3.21. The van der Waals surface area contributed by atoms with Crippen molar-refractivity contribution < 1.29 is 8.42 Å². The number of fused-ring (bicyclic) bond motifs is 1. The molecule has 6 rings (SSSR count). The predicted molar refractivity (Wildman–Crippen MR) is 147 cm³/mol. The number of rotatable bonds is 6. The van der Waals surface area contributed by atoms with Crippen molar-refractivity contribution in [1.82, 2.24) is 25.3 Å². The SMILES string of the molecule is Cl.O=S(=O)(c1ccccc1)c1cc2c(C3CCCC3)nc(Nc3ccc(N4CCNCC4)cn3)nc2[nH]1. The second-order valence-corrected chi connectivity index (χ2v) is 11.3. The Labute approximate surface area is 222 Å². The van der Waals surface area contributed by atoms with Crippen LogP contribution in [0.5, 0.6) is 0 Å². The lowest BCUT2D eigenvalue weighted by atomic mass is 10.0. The monoisotopic (exact) mass is 539 g/mol. The van der Waals surface area contributed by atoms with E-state index in [9.17, 15) is 8.42 Å². The van der Waals surface area contributed by atoms with E-state index in [-0.39, 0.29) is 28.2 Å². The van der Waals surface area contributed by atoms with Crippen LogP contribution in [-0.4, -0.2) is 54.5 Å². The average molecular weight is 540 g/mol. The van der Waals surface area contributed by atoms with Gasteiger partial charge in [-0.05, 0) is 43.2 Å². The smallest absolute Gasteiger partial charge is 0.230 e. The standard InChI is InChI=1S/C26H29N7O2S.ClH/c34-36(35,20-8-2-1-3-9-20)23-16-21-24(18-6-4-5-7-18)31-26(32-25(21)30-23)29-22-11-10-19(17-28-22)33-14-12-27-13-15-33;/h1-3,8-11,16-18,27H,4-7,12-15H2,(H2,28,29,30,31,32);1H. The van der Waals surface area contributed by atoms with Crippen LogP contribution in [0, 0.1) is 0 Å². The van der Waals surface area contributed by atoms with Crippen molar-refractivity contribution in [1.29, 1.82) is 0 Å². The second-order valence-electron chi connectivity index (χ2n) is 9.39. The third-order valence-corrected chi connectivity index (χ3v) is 8.74. The number of aromatic nitrogens is 4. The highest BCUT2D eigenvalue weighted by atomic mass is 35.5. The Balaban J connectivity index is 0.00000280. The van der Waals surface area contributed by atoms with Crippen LogP contribution in [0.25, 0.3) is 11.0 Å². The number of sulfone groups is 1. The van der Waals surface area contributed by atoms with Gasteiger partial charge in [-0.15, -0.1) is 12.4 Å². The van der Waals surface area contributed by atoms with Gasteiger partial charge in [0.25, 0.3) is 0 Å². The third-order valence-electron chi connectivity index (χ3n) is 7.05. The average Bonchev–Trinajstić information content (AvgIpc) is 3.61. The van der Waals surface area contributed by atoms with Crippen molar-refractivity contribution in [2.24, 2.45) is 0 Å². The minimum absolute atomic E-state index is 0. The third kappa shape index (κ3) is 5.14. The number of benzene rings is 1. The van der Waals surface area contributed by atoms with Crippen LogP contribution in [0.3, 0.4) is 0 Å². The molecule has 0 bridgehead atoms. The number of hydrogen-bond donors (Lipinski definition) is 3. The topological polar surface area (TPSA) is 116 Å². The van der Waals surface area contributed by atoms with Crippen molar-refractivity contribution in [3.8, 4) is 0 Å². The van der Waals surface area contributed by atoms with Gasteiger partial charge in [0.05, 0.1) is 22.5 Å². The van der Waals surface area contributed by atoms with E-state index in [0.717, 1.165) is 68.6 Å². The minimum atomic E-state index is -3.69. The Morgan fingerprint density at radius 2 is 1.73 bits per heavy atom. The summed E-state index contributed by atoms with van der Waals surface area (Å²) in [5, 5.41) is 7.50. The molecule has 2 aliphatic rings. The van der Waals surface area contributed by atoms with Gasteiger partial charge in [0.2, 0.25) is 15.8 Å². The molecule has 0 spiro atoms. The van der Waals surface area contributed by atoms with Crippen molar-refractivity contribution in [3.63, 3.8) is 0 Å². The number of halogens is 1. The number of piperazine rings is 1. The molecule has 9 nitrogen and oxygen atoms in total. The minimum Gasteiger partial charge on any atom is -0.368 e. The van der Waals surface area contributed by atoms with Gasteiger partial charge in [-0.1, -0.05) is 31.0 Å². The van der Waals surface area contributed by atoms with E-state index in [0.29, 0.717) is 17.4 Å². The molecule has 4 heterocycles. The van der Waals surface area contributed by atoms with Crippen LogP contribution < -0.4 is 15.5 Å². The van der Waals surface area contributed by atoms with E-state index in [1.165, 1.54) is 0 Å². The molecule has 0 unspecified atom stereocenters. The van der Waals surface area contributed by atoms with E-state index < -0.39 is 9.84 Å². The summed E-state index contributed by atoms with van der Waals surface area (Å²) in [6.07, 6.45) is 6.23. The van der Waals surface area contributed by atoms with Crippen molar-refractivity contribution >= 4 is 50.7 Å². The quantitative estimate of drug-likeness (QED) is 0.330. The Morgan fingerprint density at radius 1 is 0.973 bits per heavy atom. The van der Waals surface area contributed by atoms with Crippen LogP contribution in [0.2, 0.25) is 0 Å². The van der Waals surface area contributed by atoms with Gasteiger partial charge in [-0.2, -0.15) is 4.98 Å². The van der Waals surface area contributed by atoms with E-state index in [1.807, 2.05) is 12.3 Å². The molecule has 0 atom stereocenters. The lowest BCUT2D eigenvalue weighted by Gasteiger charge is -2.29. The van der Waals surface area contributed by atoms with Gasteiger partial charge in [-0.25, -0.2) is 18.4 Å². The number of anilines is 3.